The summed E-state index contributed by atoms with van der Waals surface area (Å²) in [4.78, 5) is 0. The highest BCUT2D eigenvalue weighted by molar-refractivity contribution is 5.66. The summed E-state index contributed by atoms with van der Waals surface area (Å²) >= 11 is 0. The Balaban J connectivity index is -0.0000000315. The first-order valence-electron chi connectivity index (χ1n) is 4.02. The predicted molar refractivity (Wildman–Crippen MR) is 57.5 cm³/mol. The molecular weight excluding hydrogens is 134 g/mol. The Morgan fingerprint density at radius 3 is 1.09 bits per heavy atom. The molecule has 1 nitrogen and oxygen atoms in total. The lowest BCUT2D eigenvalue weighted by molar-refractivity contribution is 1.50. The van der Waals surface area contributed by atoms with E-state index in [4.69, 9.17) is 5.41 Å². The quantitative estimate of drug-likeness (QED) is 0.438. The molecule has 0 saturated carbocycles. The van der Waals surface area contributed by atoms with Gasteiger partial charge in [0.25, 0.3) is 0 Å². The average Bonchev–Trinajstić information content (AvgIpc) is 2.12. The van der Waals surface area contributed by atoms with Crippen molar-refractivity contribution in [1.82, 2.24) is 0 Å². The first kappa shape index (κ1) is 22.5. The van der Waals surface area contributed by atoms with Crippen molar-refractivity contribution >= 4 is 6.21 Å². The molecule has 0 bridgehead atoms. The van der Waals surface area contributed by atoms with E-state index < -0.39 is 0 Å². The lowest BCUT2D eigenvalue weighted by atomic mass is 10.7. The van der Waals surface area contributed by atoms with Gasteiger partial charge < -0.3 is 5.41 Å². The normalized spacial score (nSPS) is 4.09. The zero-order chi connectivity index (χ0) is 10.1. The number of nitrogens with one attached hydrogen (secondary N) is 1. The fraction of sp³-hybridized carbons (Fsp3) is 0.500. The molecule has 0 saturated heterocycles. The van der Waals surface area contributed by atoms with E-state index in [-0.39, 0.29) is 0 Å². The molecule has 0 amide bonds. The van der Waals surface area contributed by atoms with Crippen LogP contribution in [0.1, 0.15) is 34.6 Å². The lowest BCUT2D eigenvalue weighted by Gasteiger charge is -1.43. The zero-order valence-electron chi connectivity index (χ0n) is 8.65. The van der Waals surface area contributed by atoms with Crippen LogP contribution in [0.3, 0.4) is 0 Å². The van der Waals surface area contributed by atoms with Crippen LogP contribution < -0.4 is 0 Å². The second-order valence-electron chi connectivity index (χ2n) is 0.811. The van der Waals surface area contributed by atoms with Crippen LogP contribution in [0.2, 0.25) is 0 Å². The summed E-state index contributed by atoms with van der Waals surface area (Å²) in [6, 6.07) is 0. The Labute approximate surface area is 72.3 Å². The maximum atomic E-state index is 6.21. The largest absolute Gasteiger partial charge is 0.309 e. The molecule has 0 aromatic rings. The Morgan fingerprint density at radius 2 is 1.09 bits per heavy atom. The lowest BCUT2D eigenvalue weighted by Crippen LogP contribution is -1.41. The Bertz CT molecular complexity index is 49.9. The highest BCUT2D eigenvalue weighted by Gasteiger charge is 1.31. The summed E-state index contributed by atoms with van der Waals surface area (Å²) in [6.45, 7) is 16.5. The van der Waals surface area contributed by atoms with Crippen molar-refractivity contribution in [1.29, 1.82) is 5.41 Å². The first-order chi connectivity index (χ1) is 5.33. The Hall–Kier alpha value is -0.850. The SMILES string of the molecule is C=CC.C=CC=N.CC.CC. The van der Waals surface area contributed by atoms with Crippen molar-refractivity contribution in [2.45, 2.75) is 34.6 Å². The number of rotatable bonds is 1. The zero-order valence-corrected chi connectivity index (χ0v) is 8.65. The molecule has 0 fully saturated rings. The van der Waals surface area contributed by atoms with E-state index in [1.807, 2.05) is 34.6 Å². The fourth-order valence-corrected chi connectivity index (χ4v) is 0. The summed E-state index contributed by atoms with van der Waals surface area (Å²) in [5, 5.41) is 6.21. The van der Waals surface area contributed by atoms with Gasteiger partial charge in [-0.05, 0) is 6.92 Å². The topological polar surface area (TPSA) is 23.9 Å². The number of hydrogen-bond acceptors (Lipinski definition) is 1. The van der Waals surface area contributed by atoms with Crippen molar-refractivity contribution in [3.05, 3.63) is 25.3 Å². The minimum absolute atomic E-state index is 1.14. The van der Waals surface area contributed by atoms with E-state index in [0.717, 1.165) is 6.21 Å². The van der Waals surface area contributed by atoms with Gasteiger partial charge in [-0.15, -0.1) is 6.58 Å². The van der Waals surface area contributed by atoms with E-state index in [9.17, 15) is 0 Å². The molecule has 0 radical (unpaired) electrons. The van der Waals surface area contributed by atoms with Crippen molar-refractivity contribution < 1.29 is 0 Å². The smallest absolute Gasteiger partial charge is 0.0171 e. The van der Waals surface area contributed by atoms with Crippen molar-refractivity contribution in [3.63, 3.8) is 0 Å². The summed E-state index contributed by atoms with van der Waals surface area (Å²) in [6.07, 6.45) is 4.31. The van der Waals surface area contributed by atoms with Crippen molar-refractivity contribution in [2.24, 2.45) is 0 Å². The van der Waals surface area contributed by atoms with E-state index in [1.54, 1.807) is 6.08 Å². The molecule has 0 aromatic heterocycles. The molecular formula is C10H23N. The molecule has 1 heteroatoms. The predicted octanol–water partition coefficient (Wildman–Crippen LogP) is 4.07. The molecule has 0 atom stereocenters. The first-order valence-corrected chi connectivity index (χ1v) is 4.02. The monoisotopic (exact) mass is 157 g/mol. The van der Waals surface area contributed by atoms with Crippen LogP contribution in [-0.2, 0) is 0 Å². The van der Waals surface area contributed by atoms with Crippen LogP contribution >= 0.6 is 0 Å². The molecule has 0 rings (SSSR count). The molecule has 0 aliphatic rings. The van der Waals surface area contributed by atoms with Gasteiger partial charge >= 0.3 is 0 Å². The van der Waals surface area contributed by atoms with E-state index in [0.29, 0.717) is 0 Å². The van der Waals surface area contributed by atoms with Gasteiger partial charge in [0.1, 0.15) is 0 Å². The van der Waals surface area contributed by atoms with Crippen molar-refractivity contribution in [2.75, 3.05) is 0 Å². The van der Waals surface area contributed by atoms with Gasteiger partial charge in [-0.2, -0.15) is 0 Å². The second-order valence-corrected chi connectivity index (χ2v) is 0.811. The van der Waals surface area contributed by atoms with Gasteiger partial charge in [-0.3, -0.25) is 0 Å². The molecule has 0 aromatic carbocycles. The van der Waals surface area contributed by atoms with Crippen molar-refractivity contribution in [3.8, 4) is 0 Å². The molecule has 1 N–H and O–H groups in total. The minimum atomic E-state index is 1.14. The molecule has 11 heavy (non-hydrogen) atoms. The molecule has 0 aliphatic carbocycles. The highest BCUT2D eigenvalue weighted by Crippen LogP contribution is 1.38. The van der Waals surface area contributed by atoms with E-state index in [2.05, 4.69) is 13.2 Å². The van der Waals surface area contributed by atoms with Gasteiger partial charge in [0.05, 0.1) is 0 Å². The molecule has 0 heterocycles. The van der Waals surface area contributed by atoms with Gasteiger partial charge in [-0.25, -0.2) is 0 Å². The third-order valence-electron chi connectivity index (χ3n) is 0.118. The maximum Gasteiger partial charge on any atom is 0.0171 e. The summed E-state index contributed by atoms with van der Waals surface area (Å²) in [5.74, 6) is 0. The van der Waals surface area contributed by atoms with Crippen LogP contribution in [0.5, 0.6) is 0 Å². The third-order valence-corrected chi connectivity index (χ3v) is 0.118. The summed E-state index contributed by atoms with van der Waals surface area (Å²) in [5.41, 5.74) is 0. The second kappa shape index (κ2) is 131. The van der Waals surface area contributed by atoms with Crippen LogP contribution in [0.15, 0.2) is 25.3 Å². The standard InChI is InChI=1S/C3H5N.C3H6.2C2H6/c1-2-3-4;1-3-2;2*1-2/h2-4H,1H2;3H,1H2,2H3;2*1-2H3. The Morgan fingerprint density at radius 1 is 1.00 bits per heavy atom. The van der Waals surface area contributed by atoms with Crippen LogP contribution in [0.4, 0.5) is 0 Å². The minimum Gasteiger partial charge on any atom is -0.309 e. The maximum absolute atomic E-state index is 6.21. The van der Waals surface area contributed by atoms with Crippen LogP contribution in [-0.4, -0.2) is 6.21 Å². The van der Waals surface area contributed by atoms with Gasteiger partial charge in [0.15, 0.2) is 0 Å². The van der Waals surface area contributed by atoms with Crippen LogP contribution in [0.25, 0.3) is 0 Å². The summed E-state index contributed by atoms with van der Waals surface area (Å²) in [7, 11) is 0. The Kier molecular flexibility index (Phi) is 269. The fourth-order valence-electron chi connectivity index (χ4n) is 0. The van der Waals surface area contributed by atoms with E-state index >= 15 is 0 Å². The third kappa shape index (κ3) is 20800. The number of allylic oxidation sites excluding steroid dienone is 2. The molecule has 0 aliphatic heterocycles. The van der Waals surface area contributed by atoms with Crippen LogP contribution in [0, 0.1) is 5.41 Å². The summed E-state index contributed by atoms with van der Waals surface area (Å²) < 4.78 is 0. The van der Waals surface area contributed by atoms with Gasteiger partial charge in [0, 0.05) is 6.21 Å². The molecule has 68 valence electrons. The van der Waals surface area contributed by atoms with Gasteiger partial charge in [-0.1, -0.05) is 46.4 Å². The molecule has 0 spiro atoms. The molecule has 0 unspecified atom stereocenters. The number of hydrogen-bond donors (Lipinski definition) is 1. The highest BCUT2D eigenvalue weighted by atomic mass is 14.3. The van der Waals surface area contributed by atoms with E-state index in [1.165, 1.54) is 6.08 Å². The van der Waals surface area contributed by atoms with Gasteiger partial charge in [0.2, 0.25) is 0 Å². The average molecular weight is 157 g/mol.